The Morgan fingerprint density at radius 2 is 1.76 bits per heavy atom. The summed E-state index contributed by atoms with van der Waals surface area (Å²) in [6.07, 6.45) is 7.31. The number of anilines is 2. The third-order valence-corrected chi connectivity index (χ3v) is 10.9. The molecule has 4 bridgehead atoms. The molecule has 1 saturated heterocycles. The minimum atomic E-state index is -4.31. The van der Waals surface area contributed by atoms with Gasteiger partial charge in [0.05, 0.1) is 23.0 Å². The number of hydrogen-bond donors (Lipinski definition) is 2. The first-order chi connectivity index (χ1) is 23.4. The van der Waals surface area contributed by atoms with Crippen molar-refractivity contribution in [2.24, 2.45) is 11.3 Å². The van der Waals surface area contributed by atoms with Gasteiger partial charge in [0.1, 0.15) is 11.6 Å². The van der Waals surface area contributed by atoms with Crippen LogP contribution in [0.5, 0.6) is 0 Å². The molecule has 0 radical (unpaired) electrons. The maximum absolute atomic E-state index is 13.8. The van der Waals surface area contributed by atoms with E-state index in [0.29, 0.717) is 24.1 Å². The van der Waals surface area contributed by atoms with Gasteiger partial charge in [-0.05, 0) is 93.3 Å². The lowest BCUT2D eigenvalue weighted by atomic mass is 9.90. The number of amides is 1. The number of carbonyl (C=O) groups excluding carboxylic acids is 1. The summed E-state index contributed by atoms with van der Waals surface area (Å²) < 4.78 is 31.5. The van der Waals surface area contributed by atoms with E-state index in [9.17, 15) is 13.2 Å². The molecule has 50 heavy (non-hydrogen) atoms. The molecule has 12 heteroatoms. The molecule has 2 aliphatic heterocycles. The van der Waals surface area contributed by atoms with Crippen molar-refractivity contribution >= 4 is 27.6 Å². The van der Waals surface area contributed by atoms with E-state index in [1.807, 2.05) is 29.1 Å². The van der Waals surface area contributed by atoms with Crippen LogP contribution in [-0.4, -0.2) is 51.1 Å². The molecule has 2 aliphatic rings. The Morgan fingerprint density at radius 1 is 0.980 bits per heavy atom. The molecule has 0 aromatic carbocycles. The molecule has 1 unspecified atom stereocenters. The fraction of sp³-hybridized carbons (Fsp3) is 0.500. The highest BCUT2D eigenvalue weighted by atomic mass is 32.2. The van der Waals surface area contributed by atoms with Crippen molar-refractivity contribution in [1.82, 2.24) is 29.5 Å². The molecule has 2 atom stereocenters. The highest BCUT2D eigenvalue weighted by molar-refractivity contribution is 7.90. The number of nitrogens with one attached hydrogen (secondary N) is 2. The quantitative estimate of drug-likeness (QED) is 0.228. The first kappa shape index (κ1) is 35.5. The number of hydrogen-bond acceptors (Lipinski definition) is 9. The van der Waals surface area contributed by atoms with Gasteiger partial charge in [0, 0.05) is 47.7 Å². The van der Waals surface area contributed by atoms with Crippen molar-refractivity contribution < 1.29 is 13.2 Å². The third-order valence-electron chi connectivity index (χ3n) is 9.68. The molecule has 6 rings (SSSR count). The number of aromatic nitrogens is 5. The van der Waals surface area contributed by atoms with Crippen molar-refractivity contribution in [2.45, 2.75) is 110 Å². The summed E-state index contributed by atoms with van der Waals surface area (Å²) in [6, 6.07) is 14.0. The molecule has 4 aromatic rings. The summed E-state index contributed by atoms with van der Waals surface area (Å²) in [5.74, 6) is 0.437. The lowest BCUT2D eigenvalue weighted by Crippen LogP contribution is -2.41. The average molecular weight is 699 g/mol. The van der Waals surface area contributed by atoms with Gasteiger partial charge in [-0.3, -0.25) is 14.5 Å². The van der Waals surface area contributed by atoms with Gasteiger partial charge in [-0.15, -0.1) is 0 Å². The van der Waals surface area contributed by atoms with Crippen LogP contribution in [-0.2, 0) is 22.0 Å². The van der Waals surface area contributed by atoms with Crippen LogP contribution in [0.1, 0.15) is 109 Å². The van der Waals surface area contributed by atoms with Crippen LogP contribution in [0.4, 0.5) is 11.6 Å². The molecule has 1 fully saturated rings. The molecule has 0 spiro atoms. The highest BCUT2D eigenvalue weighted by Crippen LogP contribution is 2.41. The number of carbonyl (C=O) groups is 1. The molecular weight excluding hydrogens is 649 g/mol. The Bertz CT molecular complexity index is 1990. The van der Waals surface area contributed by atoms with Crippen LogP contribution in [0.3, 0.4) is 0 Å². The molecule has 0 aliphatic carbocycles. The smallest absolute Gasteiger partial charge is 0.281 e. The van der Waals surface area contributed by atoms with Crippen molar-refractivity contribution in [2.75, 3.05) is 16.8 Å². The Balaban J connectivity index is 1.38. The van der Waals surface area contributed by atoms with E-state index in [0.717, 1.165) is 54.9 Å². The molecule has 4 aromatic heterocycles. The van der Waals surface area contributed by atoms with Crippen LogP contribution >= 0.6 is 0 Å². The maximum Gasteiger partial charge on any atom is 0.281 e. The molecule has 2 N–H and O–H groups in total. The first-order valence-electron chi connectivity index (χ1n) is 17.5. The highest BCUT2D eigenvalue weighted by Gasteiger charge is 2.41. The van der Waals surface area contributed by atoms with Gasteiger partial charge in [-0.2, -0.15) is 13.5 Å². The summed E-state index contributed by atoms with van der Waals surface area (Å²) in [7, 11) is -4.31. The third kappa shape index (κ3) is 7.85. The Hall–Kier alpha value is -4.32. The summed E-state index contributed by atoms with van der Waals surface area (Å²) in [5.41, 5.74) is 3.31. The Morgan fingerprint density at radius 3 is 2.50 bits per heavy atom. The zero-order chi connectivity index (χ0) is 36.1. The summed E-state index contributed by atoms with van der Waals surface area (Å²) in [5, 5.41) is 8.09. The summed E-state index contributed by atoms with van der Waals surface area (Å²) in [6.45, 7) is 18.7. The number of rotatable bonds is 4. The fourth-order valence-electron chi connectivity index (χ4n) is 6.84. The van der Waals surface area contributed by atoms with E-state index in [2.05, 4.69) is 81.4 Å². The Kier molecular flexibility index (Phi) is 9.30. The van der Waals surface area contributed by atoms with E-state index in [4.69, 9.17) is 15.1 Å². The van der Waals surface area contributed by atoms with Gasteiger partial charge in [0.15, 0.2) is 5.03 Å². The number of sulfonamides is 1. The summed E-state index contributed by atoms with van der Waals surface area (Å²) in [4.78, 5) is 30.2. The number of fused-ring (bicyclic) bond motifs is 6. The van der Waals surface area contributed by atoms with Crippen LogP contribution in [0.15, 0.2) is 66.0 Å². The zero-order valence-electron chi connectivity index (χ0n) is 30.5. The first-order valence-corrected chi connectivity index (χ1v) is 19.0. The van der Waals surface area contributed by atoms with Gasteiger partial charge in [-0.25, -0.2) is 14.7 Å². The normalized spacial score (nSPS) is 20.6. The number of nitrogens with zero attached hydrogens (tertiary/aromatic N) is 6. The molecular formula is C38H50N8O3S. The summed E-state index contributed by atoms with van der Waals surface area (Å²) >= 11 is 0. The minimum Gasteiger partial charge on any atom is -0.362 e. The maximum atomic E-state index is 13.8. The molecule has 6 heterocycles. The lowest BCUT2D eigenvalue weighted by molar-refractivity contribution is 0.0981. The van der Waals surface area contributed by atoms with Crippen LogP contribution < -0.4 is 14.9 Å². The van der Waals surface area contributed by atoms with Gasteiger partial charge >= 0.3 is 0 Å². The minimum absolute atomic E-state index is 0.212. The van der Waals surface area contributed by atoms with E-state index in [1.165, 1.54) is 6.07 Å². The SMILES string of the molecule is CC(C)(C)CCn1ccc(-c2ccnc(C3CC[C@@H]4CN(c5nc(C(C)(C)C)ccc5C(=O)NS(=O)(=O)c5cccc(n5)N3)C(C)(C)C4)c2)n1. The molecule has 266 valence electrons. The lowest BCUT2D eigenvalue weighted by Gasteiger charge is -2.34. The van der Waals surface area contributed by atoms with Crippen molar-refractivity contribution in [3.63, 3.8) is 0 Å². The molecule has 11 nitrogen and oxygen atoms in total. The van der Waals surface area contributed by atoms with Crippen LogP contribution in [0.2, 0.25) is 0 Å². The van der Waals surface area contributed by atoms with Gasteiger partial charge in [0.25, 0.3) is 15.9 Å². The van der Waals surface area contributed by atoms with Crippen LogP contribution in [0.25, 0.3) is 11.3 Å². The van der Waals surface area contributed by atoms with Crippen molar-refractivity contribution in [1.29, 1.82) is 0 Å². The number of pyridine rings is 3. The topological polar surface area (TPSA) is 135 Å². The Labute approximate surface area is 296 Å². The second-order valence-corrected chi connectivity index (χ2v) is 18.3. The molecule has 0 saturated carbocycles. The second kappa shape index (κ2) is 13.1. The standard InChI is InChI=1S/C38H50N8O3S/c1-36(2,3)18-21-45-20-17-28(43-45)26-16-19-39-30(22-26)29-14-12-25-23-38(7,8)46(24-25)34-27(13-15-31(41-34)37(4,5)6)35(47)44-50(48,49)33-11-9-10-32(40-29)42-33/h9-11,13,15-17,19-20,22,25,29H,12,14,18,21,23-24H2,1-8H3,(H,40,42)(H,44,47)/t25-,29?/m0/s1. The molecule has 1 amide bonds. The van der Waals surface area contributed by atoms with E-state index in [1.54, 1.807) is 24.4 Å². The number of aryl methyl sites for hydroxylation is 1. The van der Waals surface area contributed by atoms with E-state index < -0.39 is 15.9 Å². The van der Waals surface area contributed by atoms with Crippen molar-refractivity contribution in [3.05, 3.63) is 77.9 Å². The zero-order valence-corrected chi connectivity index (χ0v) is 31.3. The van der Waals surface area contributed by atoms with E-state index in [-0.39, 0.29) is 33.0 Å². The van der Waals surface area contributed by atoms with Gasteiger partial charge < -0.3 is 10.2 Å². The monoisotopic (exact) mass is 698 g/mol. The predicted molar refractivity (Wildman–Crippen MR) is 196 cm³/mol. The van der Waals surface area contributed by atoms with E-state index >= 15 is 0 Å². The van der Waals surface area contributed by atoms with Gasteiger partial charge in [0.2, 0.25) is 0 Å². The average Bonchev–Trinajstić information content (AvgIpc) is 3.64. The largest absolute Gasteiger partial charge is 0.362 e. The van der Waals surface area contributed by atoms with Crippen LogP contribution in [0, 0.1) is 11.3 Å². The fourth-order valence-corrected chi connectivity index (χ4v) is 7.77. The van der Waals surface area contributed by atoms with Gasteiger partial charge in [-0.1, -0.05) is 47.6 Å². The van der Waals surface area contributed by atoms with Crippen molar-refractivity contribution in [3.8, 4) is 11.3 Å². The predicted octanol–water partition coefficient (Wildman–Crippen LogP) is 7.14. The second-order valence-electron chi connectivity index (χ2n) is 16.6.